The van der Waals surface area contributed by atoms with E-state index in [1.54, 1.807) is 0 Å². The van der Waals surface area contributed by atoms with Gasteiger partial charge in [0.1, 0.15) is 0 Å². The van der Waals surface area contributed by atoms with Gasteiger partial charge in [-0.2, -0.15) is 0 Å². The zero-order valence-corrected chi connectivity index (χ0v) is 9.85. The average molecular weight is 211 g/mol. The van der Waals surface area contributed by atoms with E-state index in [1.165, 1.54) is 16.7 Å². The average Bonchev–Trinajstić information content (AvgIpc) is 2.30. The monoisotopic (exact) mass is 211 g/mol. The third-order valence-corrected chi connectivity index (χ3v) is 2.62. The maximum absolute atomic E-state index is 4.18. The second-order valence-corrected chi connectivity index (χ2v) is 4.50. The molecular formula is C15H17N. The van der Waals surface area contributed by atoms with Crippen LogP contribution >= 0.6 is 0 Å². The predicted octanol–water partition coefficient (Wildman–Crippen LogP) is 3.95. The van der Waals surface area contributed by atoms with Crippen molar-refractivity contribution >= 4 is 0 Å². The first kappa shape index (κ1) is 10.9. The molecule has 1 heterocycles. The quantitative estimate of drug-likeness (QED) is 0.749. The van der Waals surface area contributed by atoms with Crippen molar-refractivity contribution in [3.63, 3.8) is 0 Å². The van der Waals surface area contributed by atoms with Crippen LogP contribution in [0, 0.1) is 5.92 Å². The molecule has 2 rings (SSSR count). The summed E-state index contributed by atoms with van der Waals surface area (Å²) in [6, 6.07) is 12.7. The van der Waals surface area contributed by atoms with Gasteiger partial charge in [-0.15, -0.1) is 0 Å². The minimum atomic E-state index is 0.679. The van der Waals surface area contributed by atoms with E-state index in [4.69, 9.17) is 0 Å². The molecule has 1 aromatic carbocycles. The SMILES string of the molecule is CC(C)Cc1ccccc1-c1cccnc1. The van der Waals surface area contributed by atoms with Crippen molar-refractivity contribution in [1.29, 1.82) is 0 Å². The number of nitrogens with zero attached hydrogens (tertiary/aromatic N) is 1. The van der Waals surface area contributed by atoms with E-state index >= 15 is 0 Å². The van der Waals surface area contributed by atoms with E-state index in [-0.39, 0.29) is 0 Å². The highest BCUT2D eigenvalue weighted by Gasteiger charge is 2.05. The first-order valence-corrected chi connectivity index (χ1v) is 5.75. The molecule has 0 radical (unpaired) electrons. The lowest BCUT2D eigenvalue weighted by atomic mass is 9.94. The van der Waals surface area contributed by atoms with Crippen molar-refractivity contribution in [2.45, 2.75) is 20.3 Å². The first-order chi connectivity index (χ1) is 7.77. The Morgan fingerprint density at radius 2 is 1.88 bits per heavy atom. The lowest BCUT2D eigenvalue weighted by Crippen LogP contribution is -1.96. The summed E-state index contributed by atoms with van der Waals surface area (Å²) >= 11 is 0. The highest BCUT2D eigenvalue weighted by atomic mass is 14.6. The molecule has 0 aliphatic carbocycles. The highest BCUT2D eigenvalue weighted by Crippen LogP contribution is 2.24. The zero-order valence-electron chi connectivity index (χ0n) is 9.85. The van der Waals surface area contributed by atoms with Crippen molar-refractivity contribution in [2.75, 3.05) is 0 Å². The third-order valence-electron chi connectivity index (χ3n) is 2.62. The summed E-state index contributed by atoms with van der Waals surface area (Å²) in [4.78, 5) is 4.18. The second-order valence-electron chi connectivity index (χ2n) is 4.50. The van der Waals surface area contributed by atoms with Gasteiger partial charge in [0.25, 0.3) is 0 Å². The molecule has 2 aromatic rings. The van der Waals surface area contributed by atoms with Crippen molar-refractivity contribution in [2.24, 2.45) is 5.92 Å². The van der Waals surface area contributed by atoms with Crippen molar-refractivity contribution < 1.29 is 0 Å². The molecule has 0 saturated carbocycles. The van der Waals surface area contributed by atoms with Gasteiger partial charge in [-0.3, -0.25) is 4.98 Å². The number of benzene rings is 1. The van der Waals surface area contributed by atoms with Crippen LogP contribution in [0.15, 0.2) is 48.8 Å². The Labute approximate surface area is 97.2 Å². The van der Waals surface area contributed by atoms with Gasteiger partial charge >= 0.3 is 0 Å². The Morgan fingerprint density at radius 1 is 1.06 bits per heavy atom. The van der Waals surface area contributed by atoms with E-state index in [2.05, 4.69) is 49.2 Å². The van der Waals surface area contributed by atoms with Crippen LogP contribution < -0.4 is 0 Å². The molecule has 0 atom stereocenters. The Kier molecular flexibility index (Phi) is 3.35. The molecule has 0 aliphatic heterocycles. The van der Waals surface area contributed by atoms with Crippen LogP contribution in [-0.2, 0) is 6.42 Å². The fourth-order valence-corrected chi connectivity index (χ4v) is 1.94. The van der Waals surface area contributed by atoms with Crippen LogP contribution in [0.2, 0.25) is 0 Å². The smallest absolute Gasteiger partial charge is 0.0346 e. The molecule has 0 spiro atoms. The summed E-state index contributed by atoms with van der Waals surface area (Å²) in [6.07, 6.45) is 4.86. The lowest BCUT2D eigenvalue weighted by molar-refractivity contribution is 0.648. The van der Waals surface area contributed by atoms with Gasteiger partial charge in [0.05, 0.1) is 0 Å². The van der Waals surface area contributed by atoms with E-state index in [0.29, 0.717) is 5.92 Å². The van der Waals surface area contributed by atoms with Gasteiger partial charge in [-0.25, -0.2) is 0 Å². The van der Waals surface area contributed by atoms with Gasteiger partial charge < -0.3 is 0 Å². The fraction of sp³-hybridized carbons (Fsp3) is 0.267. The topological polar surface area (TPSA) is 12.9 Å². The van der Waals surface area contributed by atoms with E-state index in [0.717, 1.165) is 6.42 Å². The van der Waals surface area contributed by atoms with Crippen LogP contribution in [0.25, 0.3) is 11.1 Å². The molecule has 82 valence electrons. The van der Waals surface area contributed by atoms with Gasteiger partial charge in [-0.05, 0) is 29.5 Å². The molecule has 1 nitrogen and oxygen atoms in total. The molecule has 0 fully saturated rings. The van der Waals surface area contributed by atoms with Crippen LogP contribution in [0.3, 0.4) is 0 Å². The largest absolute Gasteiger partial charge is 0.264 e. The van der Waals surface area contributed by atoms with E-state index in [9.17, 15) is 0 Å². The normalized spacial score (nSPS) is 10.7. The molecule has 0 unspecified atom stereocenters. The molecular weight excluding hydrogens is 194 g/mol. The van der Waals surface area contributed by atoms with E-state index in [1.807, 2.05) is 18.5 Å². The van der Waals surface area contributed by atoms with Crippen LogP contribution in [0.4, 0.5) is 0 Å². The van der Waals surface area contributed by atoms with Crippen LogP contribution in [0.5, 0.6) is 0 Å². The van der Waals surface area contributed by atoms with Crippen molar-refractivity contribution in [3.05, 3.63) is 54.4 Å². The summed E-state index contributed by atoms with van der Waals surface area (Å²) in [6.45, 7) is 4.50. The summed E-state index contributed by atoms with van der Waals surface area (Å²) in [5, 5.41) is 0. The predicted molar refractivity (Wildman–Crippen MR) is 68.2 cm³/mol. The van der Waals surface area contributed by atoms with Gasteiger partial charge in [-0.1, -0.05) is 44.2 Å². The van der Waals surface area contributed by atoms with Crippen molar-refractivity contribution in [3.8, 4) is 11.1 Å². The molecule has 0 N–H and O–H groups in total. The van der Waals surface area contributed by atoms with Gasteiger partial charge in [0.2, 0.25) is 0 Å². The molecule has 0 aliphatic rings. The third kappa shape index (κ3) is 2.48. The van der Waals surface area contributed by atoms with Crippen molar-refractivity contribution in [1.82, 2.24) is 4.98 Å². The summed E-state index contributed by atoms with van der Waals surface area (Å²) in [5.41, 5.74) is 3.92. The Morgan fingerprint density at radius 3 is 2.56 bits per heavy atom. The number of rotatable bonds is 3. The minimum absolute atomic E-state index is 0.679. The molecule has 0 saturated heterocycles. The van der Waals surface area contributed by atoms with Crippen LogP contribution in [0.1, 0.15) is 19.4 Å². The fourth-order valence-electron chi connectivity index (χ4n) is 1.94. The van der Waals surface area contributed by atoms with E-state index < -0.39 is 0 Å². The number of hydrogen-bond donors (Lipinski definition) is 0. The zero-order chi connectivity index (χ0) is 11.4. The van der Waals surface area contributed by atoms with Gasteiger partial charge in [0, 0.05) is 18.0 Å². The number of aromatic nitrogens is 1. The standard InChI is InChI=1S/C15H17N/c1-12(2)10-13-6-3-4-8-15(13)14-7-5-9-16-11-14/h3-9,11-12H,10H2,1-2H3. The highest BCUT2D eigenvalue weighted by molar-refractivity contribution is 5.66. The summed E-state index contributed by atoms with van der Waals surface area (Å²) in [7, 11) is 0. The van der Waals surface area contributed by atoms with Crippen LogP contribution in [-0.4, -0.2) is 4.98 Å². The Hall–Kier alpha value is -1.63. The number of pyridine rings is 1. The maximum Gasteiger partial charge on any atom is 0.0346 e. The minimum Gasteiger partial charge on any atom is -0.264 e. The lowest BCUT2D eigenvalue weighted by Gasteiger charge is -2.11. The second kappa shape index (κ2) is 4.93. The molecule has 1 heteroatoms. The number of hydrogen-bond acceptors (Lipinski definition) is 1. The summed E-state index contributed by atoms with van der Waals surface area (Å²) in [5.74, 6) is 0.679. The molecule has 16 heavy (non-hydrogen) atoms. The first-order valence-electron chi connectivity index (χ1n) is 5.75. The molecule has 0 bridgehead atoms. The maximum atomic E-state index is 4.18. The Bertz CT molecular complexity index is 446. The molecule has 1 aromatic heterocycles. The Balaban J connectivity index is 2.41. The molecule has 0 amide bonds. The van der Waals surface area contributed by atoms with Gasteiger partial charge in [0.15, 0.2) is 0 Å². The summed E-state index contributed by atoms with van der Waals surface area (Å²) < 4.78 is 0.